The molecule has 3 saturated carbocycles. The Morgan fingerprint density at radius 1 is 0.750 bits per heavy atom. The van der Waals surface area contributed by atoms with Crippen molar-refractivity contribution < 1.29 is 9.59 Å². The van der Waals surface area contributed by atoms with E-state index >= 15 is 0 Å². The first-order chi connectivity index (χ1) is 11.6. The zero-order chi connectivity index (χ0) is 16.6. The molecule has 5 rings (SSSR count). The molecule has 0 bridgehead atoms. The van der Waals surface area contributed by atoms with Gasteiger partial charge < -0.3 is 0 Å². The van der Waals surface area contributed by atoms with E-state index in [1.54, 1.807) is 0 Å². The Morgan fingerprint density at radius 2 is 1.17 bits per heavy atom. The van der Waals surface area contributed by atoms with Gasteiger partial charge >= 0.3 is 0 Å². The van der Waals surface area contributed by atoms with Gasteiger partial charge in [-0.3, -0.25) is 19.6 Å². The van der Waals surface area contributed by atoms with Crippen molar-refractivity contribution in [3.05, 3.63) is 0 Å². The number of rotatable bonds is 2. The predicted octanol–water partition coefficient (Wildman–Crippen LogP) is 2.89. The summed E-state index contributed by atoms with van der Waals surface area (Å²) >= 11 is 0. The molecule has 0 aromatic rings. The number of nitrogens with zero attached hydrogens (tertiary/aromatic N) is 2. The quantitative estimate of drug-likeness (QED) is 0.783. The summed E-state index contributed by atoms with van der Waals surface area (Å²) in [5.74, 6) is 2.68. The summed E-state index contributed by atoms with van der Waals surface area (Å²) in [6.07, 6.45) is 5.76. The molecular formula is C20H26N2O2. The van der Waals surface area contributed by atoms with Crippen molar-refractivity contribution in [1.29, 1.82) is 0 Å². The van der Waals surface area contributed by atoms with Crippen LogP contribution in [-0.2, 0) is 9.59 Å². The minimum absolute atomic E-state index is 0.0780. The summed E-state index contributed by atoms with van der Waals surface area (Å²) in [6, 6.07) is -0.156. The van der Waals surface area contributed by atoms with Gasteiger partial charge in [0.25, 0.3) is 0 Å². The third kappa shape index (κ3) is 1.80. The zero-order valence-corrected chi connectivity index (χ0v) is 14.6. The minimum atomic E-state index is -0.0780. The first kappa shape index (κ1) is 15.0. The zero-order valence-electron chi connectivity index (χ0n) is 14.6. The number of hydrogen-bond donors (Lipinski definition) is 0. The summed E-state index contributed by atoms with van der Waals surface area (Å²) in [6.45, 7) is 4.26. The lowest BCUT2D eigenvalue weighted by Gasteiger charge is -2.36. The van der Waals surface area contributed by atoms with E-state index < -0.39 is 0 Å². The molecule has 0 N–H and O–H groups in total. The molecule has 0 aromatic carbocycles. The molecule has 2 heterocycles. The van der Waals surface area contributed by atoms with Crippen LogP contribution < -0.4 is 0 Å². The fourth-order valence-corrected chi connectivity index (χ4v) is 6.55. The van der Waals surface area contributed by atoms with Gasteiger partial charge in [-0.15, -0.1) is 0 Å². The Labute approximate surface area is 143 Å². The summed E-state index contributed by atoms with van der Waals surface area (Å²) < 4.78 is 0. The average molecular weight is 326 g/mol. The largest absolute Gasteiger partial charge is 0.297 e. The molecule has 3 aliphatic carbocycles. The third-order valence-electron chi connectivity index (χ3n) is 7.71. The fraction of sp³-hybridized carbons (Fsp3) is 0.800. The lowest BCUT2D eigenvalue weighted by molar-refractivity contribution is -0.127. The fourth-order valence-electron chi connectivity index (χ4n) is 6.55. The topological polar surface area (TPSA) is 58.9 Å². The molecule has 3 fully saturated rings. The lowest BCUT2D eigenvalue weighted by Crippen LogP contribution is -2.35. The second-order valence-corrected chi connectivity index (χ2v) is 8.54. The maximum absolute atomic E-state index is 12.9. The average Bonchev–Trinajstić information content (AvgIpc) is 3.31. The number of carbonyl (C=O) groups excluding carboxylic acids is 2. The Kier molecular flexibility index (Phi) is 3.18. The first-order valence-corrected chi connectivity index (χ1v) is 9.80. The van der Waals surface area contributed by atoms with Crippen molar-refractivity contribution >= 4 is 23.0 Å². The summed E-state index contributed by atoms with van der Waals surface area (Å²) in [5, 5.41) is 0. The Balaban J connectivity index is 1.42. The monoisotopic (exact) mass is 326 g/mol. The van der Waals surface area contributed by atoms with E-state index in [-0.39, 0.29) is 23.9 Å². The van der Waals surface area contributed by atoms with Crippen molar-refractivity contribution in [3.8, 4) is 0 Å². The van der Waals surface area contributed by atoms with Crippen LogP contribution in [0.25, 0.3) is 0 Å². The molecule has 0 saturated heterocycles. The highest BCUT2D eigenvalue weighted by Crippen LogP contribution is 2.58. The first-order valence-electron chi connectivity index (χ1n) is 9.80. The van der Waals surface area contributed by atoms with Gasteiger partial charge in [0.2, 0.25) is 0 Å². The van der Waals surface area contributed by atoms with E-state index in [4.69, 9.17) is 9.98 Å². The molecule has 4 nitrogen and oxygen atoms in total. The molecule has 0 spiro atoms. The highest BCUT2D eigenvalue weighted by molar-refractivity contribution is 6.00. The smallest absolute Gasteiger partial charge is 0.160 e. The molecule has 0 amide bonds. The van der Waals surface area contributed by atoms with Gasteiger partial charge in [0.1, 0.15) is 12.1 Å². The number of aliphatic imine (C=N–C) groups is 2. The second-order valence-electron chi connectivity index (χ2n) is 8.54. The Bertz CT molecular complexity index is 621. The normalized spacial score (nSPS) is 48.8. The highest BCUT2D eigenvalue weighted by atomic mass is 16.1. The van der Waals surface area contributed by atoms with Crippen LogP contribution in [0.5, 0.6) is 0 Å². The van der Waals surface area contributed by atoms with E-state index in [1.807, 2.05) is 0 Å². The van der Waals surface area contributed by atoms with Crippen LogP contribution in [-0.4, -0.2) is 35.1 Å². The van der Waals surface area contributed by atoms with Gasteiger partial charge in [-0.1, -0.05) is 13.8 Å². The molecule has 0 radical (unpaired) electrons. The number of hydrogen-bond acceptors (Lipinski definition) is 4. The van der Waals surface area contributed by atoms with Crippen LogP contribution in [0.3, 0.4) is 0 Å². The van der Waals surface area contributed by atoms with Crippen molar-refractivity contribution in [2.24, 2.45) is 45.5 Å². The standard InChI is InChI=1S/C20H26N2O2/c1-3-9-5-13-11-7-16-12(8-15(11)19(23)17(13)21-9)14-6-10(4-2)22-18(14)20(16)24/h11-18H,3-8H2,1-2H3. The molecular weight excluding hydrogens is 300 g/mol. The van der Waals surface area contributed by atoms with E-state index in [9.17, 15) is 9.59 Å². The van der Waals surface area contributed by atoms with Crippen LogP contribution in [0, 0.1) is 35.5 Å². The number of ketones is 2. The summed E-state index contributed by atoms with van der Waals surface area (Å²) in [7, 11) is 0. The van der Waals surface area contributed by atoms with Gasteiger partial charge in [-0.25, -0.2) is 0 Å². The Hall–Kier alpha value is -1.32. The second kappa shape index (κ2) is 5.09. The van der Waals surface area contributed by atoms with Crippen molar-refractivity contribution in [2.75, 3.05) is 0 Å². The van der Waals surface area contributed by atoms with Crippen LogP contribution in [0.15, 0.2) is 9.98 Å². The van der Waals surface area contributed by atoms with Gasteiger partial charge in [-0.05, 0) is 62.2 Å². The van der Waals surface area contributed by atoms with E-state index in [1.165, 1.54) is 11.4 Å². The third-order valence-corrected chi connectivity index (χ3v) is 7.71. The van der Waals surface area contributed by atoms with E-state index in [0.717, 1.165) is 38.5 Å². The molecule has 24 heavy (non-hydrogen) atoms. The predicted molar refractivity (Wildman–Crippen MR) is 92.5 cm³/mol. The van der Waals surface area contributed by atoms with Crippen LogP contribution in [0.1, 0.15) is 52.4 Å². The van der Waals surface area contributed by atoms with Crippen molar-refractivity contribution in [3.63, 3.8) is 0 Å². The van der Waals surface area contributed by atoms with Gasteiger partial charge in [0.15, 0.2) is 11.6 Å². The maximum Gasteiger partial charge on any atom is 0.160 e. The number of carbonyl (C=O) groups is 2. The van der Waals surface area contributed by atoms with Crippen LogP contribution >= 0.6 is 0 Å². The van der Waals surface area contributed by atoms with Crippen LogP contribution in [0.2, 0.25) is 0 Å². The molecule has 4 heteroatoms. The number of fused-ring (bicyclic) bond motifs is 6. The molecule has 8 atom stereocenters. The SMILES string of the molecule is CCC1=NC2C(=O)C3CC4C(CC3C2C1)C(=O)C1N=C(CC)CC14. The molecule has 2 aliphatic heterocycles. The van der Waals surface area contributed by atoms with Crippen molar-refractivity contribution in [1.82, 2.24) is 0 Å². The minimum Gasteiger partial charge on any atom is -0.297 e. The summed E-state index contributed by atoms with van der Waals surface area (Å²) in [5.41, 5.74) is 2.43. The van der Waals surface area contributed by atoms with Gasteiger partial charge in [0, 0.05) is 23.3 Å². The number of Topliss-reactive ketones (excluding diaryl/α,β-unsaturated/α-hetero) is 2. The highest BCUT2D eigenvalue weighted by Gasteiger charge is 2.62. The molecule has 0 aromatic heterocycles. The van der Waals surface area contributed by atoms with Crippen molar-refractivity contribution in [2.45, 2.75) is 64.5 Å². The van der Waals surface area contributed by atoms with Crippen LogP contribution in [0.4, 0.5) is 0 Å². The Morgan fingerprint density at radius 3 is 1.54 bits per heavy atom. The van der Waals surface area contributed by atoms with Gasteiger partial charge in [-0.2, -0.15) is 0 Å². The summed E-state index contributed by atoms with van der Waals surface area (Å²) in [4.78, 5) is 35.4. The molecule has 5 aliphatic rings. The van der Waals surface area contributed by atoms with Gasteiger partial charge in [0.05, 0.1) is 0 Å². The lowest BCUT2D eigenvalue weighted by atomic mass is 9.66. The maximum atomic E-state index is 12.9. The molecule has 128 valence electrons. The van der Waals surface area contributed by atoms with E-state index in [2.05, 4.69) is 13.8 Å². The molecule has 8 unspecified atom stereocenters. The van der Waals surface area contributed by atoms with E-state index in [0.29, 0.717) is 35.2 Å².